The summed E-state index contributed by atoms with van der Waals surface area (Å²) < 4.78 is 5.27. The van der Waals surface area contributed by atoms with E-state index in [0.29, 0.717) is 18.8 Å². The molecule has 1 aliphatic heterocycles. The molecule has 16 heavy (non-hydrogen) atoms. The van der Waals surface area contributed by atoms with Gasteiger partial charge in [-0.25, -0.2) is 0 Å². The standard InChI is InChI=1S/C10H14N4O2/c11-10(13-15)8-1-2-12-7-9(8)14-3-5-16-6-4-14/h1-2,7,15H,3-6H2,(H2,11,13). The van der Waals surface area contributed by atoms with Gasteiger partial charge in [-0.3, -0.25) is 4.98 Å². The van der Waals surface area contributed by atoms with Crippen molar-refractivity contribution >= 4 is 11.5 Å². The van der Waals surface area contributed by atoms with Crippen molar-refractivity contribution in [1.29, 1.82) is 0 Å². The topological polar surface area (TPSA) is 84.0 Å². The number of hydrogen-bond acceptors (Lipinski definition) is 5. The predicted molar refractivity (Wildman–Crippen MR) is 59.8 cm³/mol. The number of pyridine rings is 1. The molecule has 0 amide bonds. The van der Waals surface area contributed by atoms with E-state index in [1.165, 1.54) is 0 Å². The Bertz CT molecular complexity index is 388. The van der Waals surface area contributed by atoms with Crippen LogP contribution in [0.15, 0.2) is 23.6 Å². The molecule has 86 valence electrons. The molecular weight excluding hydrogens is 208 g/mol. The summed E-state index contributed by atoms with van der Waals surface area (Å²) >= 11 is 0. The molecule has 1 aromatic rings. The quantitative estimate of drug-likeness (QED) is 0.319. The number of nitrogens with zero attached hydrogens (tertiary/aromatic N) is 3. The van der Waals surface area contributed by atoms with Gasteiger partial charge >= 0.3 is 0 Å². The largest absolute Gasteiger partial charge is 0.409 e. The molecule has 0 atom stereocenters. The van der Waals surface area contributed by atoms with Gasteiger partial charge in [-0.05, 0) is 6.07 Å². The highest BCUT2D eigenvalue weighted by atomic mass is 16.5. The van der Waals surface area contributed by atoms with E-state index >= 15 is 0 Å². The summed E-state index contributed by atoms with van der Waals surface area (Å²) in [5.41, 5.74) is 7.19. The fraction of sp³-hybridized carbons (Fsp3) is 0.400. The van der Waals surface area contributed by atoms with Crippen molar-refractivity contribution in [1.82, 2.24) is 4.98 Å². The van der Waals surface area contributed by atoms with E-state index in [4.69, 9.17) is 15.7 Å². The maximum atomic E-state index is 8.71. The number of aromatic nitrogens is 1. The number of nitrogens with two attached hydrogens (primary N) is 1. The fourth-order valence-corrected chi connectivity index (χ4v) is 1.71. The smallest absolute Gasteiger partial charge is 0.172 e. The van der Waals surface area contributed by atoms with Crippen molar-refractivity contribution in [2.75, 3.05) is 31.2 Å². The zero-order valence-electron chi connectivity index (χ0n) is 8.83. The second kappa shape index (κ2) is 4.80. The molecule has 2 rings (SSSR count). The zero-order valence-corrected chi connectivity index (χ0v) is 8.83. The van der Waals surface area contributed by atoms with Gasteiger partial charge in [-0.15, -0.1) is 0 Å². The third-order valence-electron chi connectivity index (χ3n) is 2.54. The minimum atomic E-state index is 0.101. The molecule has 1 saturated heterocycles. The first kappa shape index (κ1) is 10.7. The lowest BCUT2D eigenvalue weighted by Gasteiger charge is -2.29. The van der Waals surface area contributed by atoms with Crippen LogP contribution in [0.4, 0.5) is 5.69 Å². The normalized spacial score (nSPS) is 17.5. The minimum Gasteiger partial charge on any atom is -0.409 e. The number of morpholine rings is 1. The Kier molecular flexibility index (Phi) is 3.21. The molecule has 2 heterocycles. The van der Waals surface area contributed by atoms with Gasteiger partial charge in [0, 0.05) is 24.8 Å². The lowest BCUT2D eigenvalue weighted by Crippen LogP contribution is -2.37. The predicted octanol–water partition coefficient (Wildman–Crippen LogP) is 0.0127. The molecule has 0 saturated carbocycles. The molecule has 6 nitrogen and oxygen atoms in total. The van der Waals surface area contributed by atoms with Gasteiger partial charge in [-0.2, -0.15) is 0 Å². The Morgan fingerprint density at radius 3 is 2.94 bits per heavy atom. The summed E-state index contributed by atoms with van der Waals surface area (Å²) in [6.45, 7) is 2.95. The van der Waals surface area contributed by atoms with Crippen LogP contribution in [0.5, 0.6) is 0 Å². The molecule has 1 aliphatic rings. The molecule has 1 fully saturated rings. The summed E-state index contributed by atoms with van der Waals surface area (Å²) in [4.78, 5) is 6.18. The third-order valence-corrected chi connectivity index (χ3v) is 2.54. The van der Waals surface area contributed by atoms with Crippen LogP contribution in [-0.2, 0) is 4.74 Å². The van der Waals surface area contributed by atoms with Crippen LogP contribution in [0, 0.1) is 0 Å². The van der Waals surface area contributed by atoms with E-state index < -0.39 is 0 Å². The molecule has 0 radical (unpaired) electrons. The Morgan fingerprint density at radius 2 is 2.25 bits per heavy atom. The maximum Gasteiger partial charge on any atom is 0.172 e. The van der Waals surface area contributed by atoms with Crippen LogP contribution in [0.2, 0.25) is 0 Å². The van der Waals surface area contributed by atoms with E-state index in [9.17, 15) is 0 Å². The van der Waals surface area contributed by atoms with Gasteiger partial charge in [0.15, 0.2) is 5.84 Å². The van der Waals surface area contributed by atoms with Crippen LogP contribution in [-0.4, -0.2) is 42.3 Å². The third kappa shape index (κ3) is 2.06. The summed E-state index contributed by atoms with van der Waals surface area (Å²) in [6, 6.07) is 1.74. The van der Waals surface area contributed by atoms with Crippen LogP contribution >= 0.6 is 0 Å². The van der Waals surface area contributed by atoms with Crippen molar-refractivity contribution in [3.63, 3.8) is 0 Å². The van der Waals surface area contributed by atoms with Gasteiger partial charge in [0.1, 0.15) is 0 Å². The van der Waals surface area contributed by atoms with Crippen molar-refractivity contribution in [3.05, 3.63) is 24.0 Å². The van der Waals surface area contributed by atoms with Crippen molar-refractivity contribution in [3.8, 4) is 0 Å². The van der Waals surface area contributed by atoms with Gasteiger partial charge in [-0.1, -0.05) is 5.16 Å². The van der Waals surface area contributed by atoms with Gasteiger partial charge in [0.2, 0.25) is 0 Å². The SMILES string of the molecule is N/C(=N/O)c1ccncc1N1CCOCC1. The highest BCUT2D eigenvalue weighted by molar-refractivity contribution is 6.02. The number of oxime groups is 1. The highest BCUT2D eigenvalue weighted by Gasteiger charge is 2.16. The van der Waals surface area contributed by atoms with Crippen LogP contribution in [0.3, 0.4) is 0 Å². The number of anilines is 1. The van der Waals surface area contributed by atoms with Crippen molar-refractivity contribution < 1.29 is 9.94 Å². The molecule has 3 N–H and O–H groups in total. The Labute approximate surface area is 93.3 Å². The number of ether oxygens (including phenoxy) is 1. The molecular formula is C10H14N4O2. The summed E-state index contributed by atoms with van der Waals surface area (Å²) in [7, 11) is 0. The molecule has 0 aromatic carbocycles. The molecule has 1 aromatic heterocycles. The van der Waals surface area contributed by atoms with E-state index in [-0.39, 0.29) is 5.84 Å². The van der Waals surface area contributed by atoms with E-state index in [2.05, 4.69) is 15.0 Å². The summed E-state index contributed by atoms with van der Waals surface area (Å²) in [5, 5.41) is 11.7. The minimum absolute atomic E-state index is 0.101. The zero-order chi connectivity index (χ0) is 11.4. The second-order valence-electron chi connectivity index (χ2n) is 3.48. The summed E-state index contributed by atoms with van der Waals surface area (Å²) in [6.07, 6.45) is 3.34. The molecule has 0 unspecified atom stereocenters. The van der Waals surface area contributed by atoms with Gasteiger partial charge < -0.3 is 20.6 Å². The average molecular weight is 222 g/mol. The Balaban J connectivity index is 2.31. The number of rotatable bonds is 2. The summed E-state index contributed by atoms with van der Waals surface area (Å²) in [5.74, 6) is 0.101. The maximum absolute atomic E-state index is 8.71. The molecule has 6 heteroatoms. The van der Waals surface area contributed by atoms with Gasteiger partial charge in [0.05, 0.1) is 25.1 Å². The fourth-order valence-electron chi connectivity index (χ4n) is 1.71. The molecule has 0 bridgehead atoms. The van der Waals surface area contributed by atoms with Crippen molar-refractivity contribution in [2.24, 2.45) is 10.9 Å². The first-order valence-electron chi connectivity index (χ1n) is 5.07. The van der Waals surface area contributed by atoms with E-state index in [1.54, 1.807) is 18.5 Å². The lowest BCUT2D eigenvalue weighted by molar-refractivity contribution is 0.122. The Hall–Kier alpha value is -1.82. The van der Waals surface area contributed by atoms with E-state index in [1.807, 2.05) is 0 Å². The molecule has 0 spiro atoms. The van der Waals surface area contributed by atoms with Crippen molar-refractivity contribution in [2.45, 2.75) is 0 Å². The first-order valence-corrected chi connectivity index (χ1v) is 5.07. The Morgan fingerprint density at radius 1 is 1.50 bits per heavy atom. The van der Waals surface area contributed by atoms with Gasteiger partial charge in [0.25, 0.3) is 0 Å². The molecule has 0 aliphatic carbocycles. The highest BCUT2D eigenvalue weighted by Crippen LogP contribution is 2.19. The average Bonchev–Trinajstić information content (AvgIpc) is 2.39. The van der Waals surface area contributed by atoms with Crippen LogP contribution < -0.4 is 10.6 Å². The first-order chi connectivity index (χ1) is 7.83. The second-order valence-corrected chi connectivity index (χ2v) is 3.48. The number of amidine groups is 1. The number of hydrogen-bond donors (Lipinski definition) is 2. The van der Waals surface area contributed by atoms with E-state index in [0.717, 1.165) is 18.8 Å². The van der Waals surface area contributed by atoms with Crippen LogP contribution in [0.1, 0.15) is 5.56 Å². The van der Waals surface area contributed by atoms with Crippen LogP contribution in [0.25, 0.3) is 0 Å². The lowest BCUT2D eigenvalue weighted by atomic mass is 10.2. The monoisotopic (exact) mass is 222 g/mol.